The summed E-state index contributed by atoms with van der Waals surface area (Å²) in [6.45, 7) is 0. The molecule has 0 fully saturated rings. The van der Waals surface area contributed by atoms with E-state index < -0.39 is 0 Å². The molecule has 108 valence electrons. The molecule has 0 spiro atoms. The van der Waals surface area contributed by atoms with Crippen molar-refractivity contribution in [2.24, 2.45) is 0 Å². The highest BCUT2D eigenvalue weighted by Crippen LogP contribution is 2.32. The number of anilines is 1. The molecular formula is C16H13BrFNS2. The van der Waals surface area contributed by atoms with Gasteiger partial charge in [0.2, 0.25) is 0 Å². The van der Waals surface area contributed by atoms with Crippen LogP contribution in [0.2, 0.25) is 0 Å². The third-order valence-electron chi connectivity index (χ3n) is 3.13. The van der Waals surface area contributed by atoms with Crippen LogP contribution < -0.4 is 5.32 Å². The first-order valence-electron chi connectivity index (χ1n) is 6.50. The van der Waals surface area contributed by atoms with Gasteiger partial charge >= 0.3 is 0 Å². The second-order valence-corrected chi connectivity index (χ2v) is 7.49. The van der Waals surface area contributed by atoms with E-state index in [9.17, 15) is 4.39 Å². The lowest BCUT2D eigenvalue weighted by molar-refractivity contribution is 0.627. The summed E-state index contributed by atoms with van der Waals surface area (Å²) in [4.78, 5) is 2.56. The van der Waals surface area contributed by atoms with E-state index in [0.29, 0.717) is 0 Å². The summed E-state index contributed by atoms with van der Waals surface area (Å²) in [6, 6.07) is 13.2. The summed E-state index contributed by atoms with van der Waals surface area (Å²) in [6.07, 6.45) is 0.890. The molecule has 0 saturated carbocycles. The Morgan fingerprint density at radius 2 is 1.90 bits per heavy atom. The monoisotopic (exact) mass is 381 g/mol. The molecule has 1 nitrogen and oxygen atoms in total. The summed E-state index contributed by atoms with van der Waals surface area (Å²) in [5.41, 5.74) is 0.782. The zero-order valence-corrected chi connectivity index (χ0v) is 14.3. The Bertz CT molecular complexity index is 695. The van der Waals surface area contributed by atoms with Gasteiger partial charge in [0.15, 0.2) is 0 Å². The van der Waals surface area contributed by atoms with Gasteiger partial charge in [-0.25, -0.2) is 4.39 Å². The maximum absolute atomic E-state index is 13.5. The van der Waals surface area contributed by atoms with Crippen molar-refractivity contribution in [3.05, 3.63) is 73.3 Å². The van der Waals surface area contributed by atoms with Gasteiger partial charge in [0.25, 0.3) is 0 Å². The zero-order valence-electron chi connectivity index (χ0n) is 11.1. The van der Waals surface area contributed by atoms with Crippen LogP contribution in [0.5, 0.6) is 0 Å². The lowest BCUT2D eigenvalue weighted by Crippen LogP contribution is -2.12. The van der Waals surface area contributed by atoms with E-state index in [-0.39, 0.29) is 11.9 Å². The predicted octanol–water partition coefficient (Wildman–Crippen LogP) is 6.11. The van der Waals surface area contributed by atoms with Crippen molar-refractivity contribution in [2.75, 3.05) is 5.32 Å². The van der Waals surface area contributed by atoms with E-state index in [0.717, 1.165) is 16.6 Å². The second kappa shape index (κ2) is 6.73. The average molecular weight is 382 g/mol. The largest absolute Gasteiger partial charge is 0.376 e. The molecule has 0 aliphatic heterocycles. The smallest absolute Gasteiger partial charge is 0.125 e. The Morgan fingerprint density at radius 1 is 1.10 bits per heavy atom. The maximum Gasteiger partial charge on any atom is 0.125 e. The van der Waals surface area contributed by atoms with Gasteiger partial charge in [-0.1, -0.05) is 12.1 Å². The van der Waals surface area contributed by atoms with Crippen molar-refractivity contribution in [2.45, 2.75) is 12.5 Å². The Kier molecular flexibility index (Phi) is 4.73. The van der Waals surface area contributed by atoms with Gasteiger partial charge < -0.3 is 5.32 Å². The number of benzene rings is 1. The molecule has 1 atom stereocenters. The zero-order chi connectivity index (χ0) is 14.7. The van der Waals surface area contributed by atoms with Crippen LogP contribution in [0, 0.1) is 5.82 Å². The summed E-state index contributed by atoms with van der Waals surface area (Å²) >= 11 is 6.94. The van der Waals surface area contributed by atoms with Crippen LogP contribution in [0.3, 0.4) is 0 Å². The van der Waals surface area contributed by atoms with Gasteiger partial charge in [-0.05, 0) is 57.0 Å². The molecule has 1 aromatic carbocycles. The molecule has 0 saturated heterocycles. The van der Waals surface area contributed by atoms with E-state index in [1.807, 2.05) is 6.07 Å². The minimum absolute atomic E-state index is 0.141. The Balaban J connectivity index is 1.87. The topological polar surface area (TPSA) is 12.0 Å². The van der Waals surface area contributed by atoms with Gasteiger partial charge in [-0.3, -0.25) is 0 Å². The van der Waals surface area contributed by atoms with Gasteiger partial charge in [-0.2, -0.15) is 0 Å². The van der Waals surface area contributed by atoms with Gasteiger partial charge in [0, 0.05) is 20.6 Å². The number of hydrogen-bond donors (Lipinski definition) is 1. The summed E-state index contributed by atoms with van der Waals surface area (Å²) in [5, 5.41) is 7.61. The van der Waals surface area contributed by atoms with Crippen molar-refractivity contribution in [3.63, 3.8) is 0 Å². The van der Waals surface area contributed by atoms with E-state index in [4.69, 9.17) is 0 Å². The molecule has 5 heteroatoms. The fourth-order valence-corrected chi connectivity index (χ4v) is 4.03. The minimum atomic E-state index is -0.234. The van der Waals surface area contributed by atoms with E-state index in [2.05, 4.69) is 50.2 Å². The maximum atomic E-state index is 13.5. The lowest BCUT2D eigenvalue weighted by Gasteiger charge is -2.19. The molecule has 0 bridgehead atoms. The lowest BCUT2D eigenvalue weighted by atomic mass is 10.1. The summed E-state index contributed by atoms with van der Waals surface area (Å²) in [5.74, 6) is -0.234. The normalized spacial score (nSPS) is 12.3. The van der Waals surface area contributed by atoms with Crippen molar-refractivity contribution >= 4 is 44.3 Å². The van der Waals surface area contributed by atoms with Gasteiger partial charge in [-0.15, -0.1) is 22.7 Å². The van der Waals surface area contributed by atoms with Crippen molar-refractivity contribution in [1.82, 2.24) is 0 Å². The van der Waals surface area contributed by atoms with Crippen LogP contribution in [-0.2, 0) is 6.42 Å². The van der Waals surface area contributed by atoms with Crippen LogP contribution in [0.4, 0.5) is 10.1 Å². The molecule has 2 heterocycles. The minimum Gasteiger partial charge on any atom is -0.376 e. The van der Waals surface area contributed by atoms with E-state index in [1.54, 1.807) is 28.7 Å². The van der Waals surface area contributed by atoms with Crippen molar-refractivity contribution < 1.29 is 4.39 Å². The average Bonchev–Trinajstić information content (AvgIpc) is 3.14. The molecule has 3 aromatic rings. The van der Waals surface area contributed by atoms with Gasteiger partial charge in [0.05, 0.1) is 11.7 Å². The highest BCUT2D eigenvalue weighted by Gasteiger charge is 2.15. The van der Waals surface area contributed by atoms with Crippen LogP contribution in [0.1, 0.15) is 15.8 Å². The number of thiophene rings is 2. The summed E-state index contributed by atoms with van der Waals surface area (Å²) < 4.78 is 14.3. The Hall–Kier alpha value is -1.17. The molecule has 3 rings (SSSR count). The molecule has 1 N–H and O–H groups in total. The third-order valence-corrected chi connectivity index (χ3v) is 5.71. The van der Waals surface area contributed by atoms with Crippen molar-refractivity contribution in [3.8, 4) is 0 Å². The second-order valence-electron chi connectivity index (χ2n) is 4.62. The molecule has 0 aliphatic carbocycles. The first-order chi connectivity index (χ1) is 10.2. The molecule has 0 amide bonds. The fraction of sp³-hybridized carbons (Fsp3) is 0.125. The molecule has 2 aromatic heterocycles. The van der Waals surface area contributed by atoms with Crippen LogP contribution in [-0.4, -0.2) is 0 Å². The van der Waals surface area contributed by atoms with Crippen LogP contribution >= 0.6 is 38.6 Å². The number of nitrogens with one attached hydrogen (secondary N) is 1. The molecule has 21 heavy (non-hydrogen) atoms. The third kappa shape index (κ3) is 3.73. The molecular weight excluding hydrogens is 369 g/mol. The Morgan fingerprint density at radius 3 is 2.62 bits per heavy atom. The SMILES string of the molecule is Fc1ccc(Br)c(NC(Cc2cccs2)c2cccs2)c1. The van der Waals surface area contributed by atoms with E-state index >= 15 is 0 Å². The van der Waals surface area contributed by atoms with Gasteiger partial charge in [0.1, 0.15) is 5.82 Å². The van der Waals surface area contributed by atoms with Crippen LogP contribution in [0.25, 0.3) is 0 Å². The predicted molar refractivity (Wildman–Crippen MR) is 92.8 cm³/mol. The number of hydrogen-bond acceptors (Lipinski definition) is 3. The molecule has 0 radical (unpaired) electrons. The highest BCUT2D eigenvalue weighted by atomic mass is 79.9. The first-order valence-corrected chi connectivity index (χ1v) is 9.05. The standard InChI is InChI=1S/C16H13BrFNS2/c17-13-6-5-11(18)9-14(13)19-15(16-4-2-8-21-16)10-12-3-1-7-20-12/h1-9,15,19H,10H2. The number of halogens is 2. The molecule has 0 aliphatic rings. The Labute approximate surface area is 139 Å². The fourth-order valence-electron chi connectivity index (χ4n) is 2.14. The van der Waals surface area contributed by atoms with Crippen LogP contribution in [0.15, 0.2) is 57.7 Å². The first kappa shape index (κ1) is 14.8. The quantitative estimate of drug-likeness (QED) is 0.562. The summed E-state index contributed by atoms with van der Waals surface area (Å²) in [7, 11) is 0. The van der Waals surface area contributed by atoms with Crippen molar-refractivity contribution in [1.29, 1.82) is 0 Å². The number of rotatable bonds is 5. The highest BCUT2D eigenvalue weighted by molar-refractivity contribution is 9.10. The van der Waals surface area contributed by atoms with E-state index in [1.165, 1.54) is 21.9 Å². The molecule has 1 unspecified atom stereocenters.